The molecule has 0 aromatic rings. The summed E-state index contributed by atoms with van der Waals surface area (Å²) in [5.41, 5.74) is 7.19. The van der Waals surface area contributed by atoms with Crippen LogP contribution in [-0.2, 0) is 37.9 Å². The highest BCUT2D eigenvalue weighted by molar-refractivity contribution is 5.67. The minimum atomic E-state index is -0.336. The molecule has 8 atom stereocenters. The van der Waals surface area contributed by atoms with Gasteiger partial charge in [-0.05, 0) is 91.8 Å². The fraction of sp³-hybridized carbons (Fsp3) is 0.930. The SMILES string of the molecule is CC(C)CCCC(C)[C@H]1CC[C@@H]2C1CCC1[C@H]2CC=C2CC(OC(=O)NCCOCCOCCOCCOCCOCCOCCOCCN)CC[C@@]21C. The van der Waals surface area contributed by atoms with E-state index in [2.05, 4.69) is 39.1 Å². The Kier molecular flexibility index (Phi) is 21.7. The van der Waals surface area contributed by atoms with Crippen LogP contribution in [0.25, 0.3) is 0 Å². The summed E-state index contributed by atoms with van der Waals surface area (Å²) in [5.74, 6) is 6.15. The molecule has 0 aromatic carbocycles. The zero-order valence-corrected chi connectivity index (χ0v) is 34.5. The molecule has 314 valence electrons. The molecule has 3 N–H and O–H groups in total. The molecule has 0 heterocycles. The van der Waals surface area contributed by atoms with Gasteiger partial charge >= 0.3 is 6.09 Å². The first-order valence-corrected chi connectivity index (χ1v) is 21.7. The Balaban J connectivity index is 0.959. The molecule has 1 amide bonds. The average Bonchev–Trinajstić information content (AvgIpc) is 3.60. The van der Waals surface area contributed by atoms with Crippen LogP contribution < -0.4 is 11.1 Å². The fourth-order valence-corrected chi connectivity index (χ4v) is 10.1. The second-order valence-corrected chi connectivity index (χ2v) is 16.9. The molecule has 0 aromatic heterocycles. The number of amides is 1. The van der Waals surface area contributed by atoms with Gasteiger partial charge in [0, 0.05) is 19.5 Å². The number of rotatable bonds is 29. The summed E-state index contributed by atoms with van der Waals surface area (Å²) in [7, 11) is 0. The molecule has 4 rings (SSSR count). The van der Waals surface area contributed by atoms with E-state index in [1.165, 1.54) is 51.4 Å². The molecule has 3 saturated carbocycles. The quantitative estimate of drug-likeness (QED) is 0.0619. The molecular weight excluding hydrogens is 688 g/mol. The third-order valence-electron chi connectivity index (χ3n) is 12.9. The largest absolute Gasteiger partial charge is 0.446 e. The Hall–Kier alpha value is -1.31. The number of fused-ring (bicyclic) bond motifs is 5. The molecule has 0 aliphatic heterocycles. The van der Waals surface area contributed by atoms with Crippen molar-refractivity contribution in [2.45, 2.75) is 104 Å². The van der Waals surface area contributed by atoms with Gasteiger partial charge in [0.1, 0.15) is 6.10 Å². The maximum atomic E-state index is 12.6. The van der Waals surface area contributed by atoms with Crippen molar-refractivity contribution in [2.24, 2.45) is 52.6 Å². The van der Waals surface area contributed by atoms with Gasteiger partial charge < -0.3 is 48.9 Å². The molecule has 0 radical (unpaired) electrons. The van der Waals surface area contributed by atoms with Crippen molar-refractivity contribution in [3.8, 4) is 0 Å². The molecule has 11 heteroatoms. The second-order valence-electron chi connectivity index (χ2n) is 16.9. The predicted molar refractivity (Wildman–Crippen MR) is 211 cm³/mol. The minimum Gasteiger partial charge on any atom is -0.446 e. The van der Waals surface area contributed by atoms with Crippen molar-refractivity contribution in [1.82, 2.24) is 5.32 Å². The van der Waals surface area contributed by atoms with E-state index < -0.39 is 0 Å². The monoisotopic (exact) mass is 767 g/mol. The van der Waals surface area contributed by atoms with Gasteiger partial charge in [-0.15, -0.1) is 0 Å². The first-order chi connectivity index (χ1) is 26.3. The van der Waals surface area contributed by atoms with Crippen molar-refractivity contribution in [3.63, 3.8) is 0 Å². The lowest BCUT2D eigenvalue weighted by atomic mass is 9.50. The first kappa shape index (κ1) is 45.4. The maximum Gasteiger partial charge on any atom is 0.407 e. The Morgan fingerprint density at radius 1 is 0.722 bits per heavy atom. The van der Waals surface area contributed by atoms with Gasteiger partial charge in [-0.1, -0.05) is 58.6 Å². The van der Waals surface area contributed by atoms with Crippen molar-refractivity contribution in [3.05, 3.63) is 11.6 Å². The van der Waals surface area contributed by atoms with E-state index in [1.807, 2.05) is 0 Å². The van der Waals surface area contributed by atoms with Gasteiger partial charge in [0.2, 0.25) is 0 Å². The molecule has 0 spiro atoms. The summed E-state index contributed by atoms with van der Waals surface area (Å²) in [6, 6.07) is 0. The summed E-state index contributed by atoms with van der Waals surface area (Å²) in [5, 5.41) is 2.88. The van der Waals surface area contributed by atoms with Gasteiger partial charge in [0.05, 0.1) is 92.5 Å². The number of nitrogens with one attached hydrogen (secondary N) is 1. The third kappa shape index (κ3) is 15.2. The normalized spacial score (nSPS) is 28.3. The Bertz CT molecular complexity index is 1050. The number of allylic oxidation sites excluding steroid dienone is 1. The number of nitrogens with two attached hydrogens (primary N) is 1. The van der Waals surface area contributed by atoms with Crippen LogP contribution in [0.15, 0.2) is 11.6 Å². The lowest BCUT2D eigenvalue weighted by molar-refractivity contribution is -0.0207. The highest BCUT2D eigenvalue weighted by Crippen LogP contribution is 2.63. The zero-order valence-electron chi connectivity index (χ0n) is 34.5. The van der Waals surface area contributed by atoms with Crippen LogP contribution in [-0.4, -0.2) is 118 Å². The molecule has 4 aliphatic carbocycles. The smallest absolute Gasteiger partial charge is 0.407 e. The molecule has 11 nitrogen and oxygen atoms in total. The Morgan fingerprint density at radius 2 is 1.28 bits per heavy atom. The summed E-state index contributed by atoms with van der Waals surface area (Å²) in [6.07, 6.45) is 16.3. The Labute approximate surface area is 327 Å². The number of carbonyl (C=O) groups excluding carboxylic acids is 1. The molecule has 54 heavy (non-hydrogen) atoms. The zero-order chi connectivity index (χ0) is 38.4. The highest BCUT2D eigenvalue weighted by atomic mass is 16.6. The number of ether oxygens (including phenoxy) is 8. The van der Waals surface area contributed by atoms with E-state index in [-0.39, 0.29) is 17.6 Å². The van der Waals surface area contributed by atoms with Gasteiger partial charge in [-0.2, -0.15) is 0 Å². The lowest BCUT2D eigenvalue weighted by Gasteiger charge is -2.55. The average molecular weight is 767 g/mol. The molecule has 0 saturated heterocycles. The molecule has 0 bridgehead atoms. The predicted octanol–water partition coefficient (Wildman–Crippen LogP) is 6.81. The maximum absolute atomic E-state index is 12.6. The van der Waals surface area contributed by atoms with Gasteiger partial charge in [0.15, 0.2) is 0 Å². The number of alkyl carbamates (subject to hydrolysis) is 1. The number of hydrogen-bond donors (Lipinski definition) is 2. The summed E-state index contributed by atoms with van der Waals surface area (Å²) >= 11 is 0. The van der Waals surface area contributed by atoms with Crippen LogP contribution in [0.3, 0.4) is 0 Å². The molecule has 4 aliphatic rings. The fourth-order valence-electron chi connectivity index (χ4n) is 10.1. The van der Waals surface area contributed by atoms with E-state index in [1.54, 1.807) is 5.57 Å². The number of carbonyl (C=O) groups is 1. The van der Waals surface area contributed by atoms with Gasteiger partial charge in [0.25, 0.3) is 0 Å². The Morgan fingerprint density at radius 3 is 1.85 bits per heavy atom. The molecular formula is C43H78N2O9. The third-order valence-corrected chi connectivity index (χ3v) is 12.9. The molecule has 4 unspecified atom stereocenters. The molecule has 3 fully saturated rings. The summed E-state index contributed by atoms with van der Waals surface area (Å²) < 4.78 is 44.2. The van der Waals surface area contributed by atoms with E-state index in [9.17, 15) is 4.79 Å². The van der Waals surface area contributed by atoms with E-state index in [4.69, 9.17) is 43.6 Å². The van der Waals surface area contributed by atoms with Crippen LogP contribution in [0.5, 0.6) is 0 Å². The van der Waals surface area contributed by atoms with E-state index in [0.29, 0.717) is 106 Å². The van der Waals surface area contributed by atoms with Crippen molar-refractivity contribution >= 4 is 6.09 Å². The van der Waals surface area contributed by atoms with Crippen LogP contribution in [0.4, 0.5) is 4.79 Å². The van der Waals surface area contributed by atoms with Crippen LogP contribution in [0.1, 0.15) is 98.3 Å². The standard InChI is InChI=1S/C43H78N2O9/c1-33(2)6-5-7-34(3)37-10-11-39-38(37)12-13-41-40(39)9-8-35-32-36(14-15-43(35,41)4)54-42(46)45-17-19-48-21-23-50-25-27-52-29-31-53-30-28-51-26-24-49-22-20-47-18-16-44/h8,33-34,36-41H,5-7,9-32,44H2,1-4H3,(H,45,46)/t34?,36?,37-,38?,39-,40+,41?,43+/m1/s1. The van der Waals surface area contributed by atoms with Crippen molar-refractivity contribution in [2.75, 3.05) is 106 Å². The second kappa shape index (κ2) is 25.8. The van der Waals surface area contributed by atoms with E-state index >= 15 is 0 Å². The van der Waals surface area contributed by atoms with Gasteiger partial charge in [-0.25, -0.2) is 4.79 Å². The van der Waals surface area contributed by atoms with Gasteiger partial charge in [-0.3, -0.25) is 0 Å². The van der Waals surface area contributed by atoms with Crippen molar-refractivity contribution < 1.29 is 42.7 Å². The van der Waals surface area contributed by atoms with Crippen LogP contribution >= 0.6 is 0 Å². The number of hydrogen-bond acceptors (Lipinski definition) is 10. The highest BCUT2D eigenvalue weighted by Gasteiger charge is 2.54. The first-order valence-electron chi connectivity index (χ1n) is 21.7. The minimum absolute atomic E-state index is 0.0363. The topological polar surface area (TPSA) is 129 Å². The summed E-state index contributed by atoms with van der Waals surface area (Å²) in [4.78, 5) is 12.6. The summed E-state index contributed by atoms with van der Waals surface area (Å²) in [6.45, 7) is 17.9. The lowest BCUT2D eigenvalue weighted by Crippen LogP contribution is -2.48. The van der Waals surface area contributed by atoms with Crippen LogP contribution in [0.2, 0.25) is 0 Å². The van der Waals surface area contributed by atoms with Crippen molar-refractivity contribution in [1.29, 1.82) is 0 Å². The van der Waals surface area contributed by atoms with E-state index in [0.717, 1.165) is 60.7 Å². The van der Waals surface area contributed by atoms with Crippen LogP contribution in [0, 0.1) is 46.8 Å².